The molecule has 1 aliphatic heterocycles. The van der Waals surface area contributed by atoms with Crippen LogP contribution in [0.2, 0.25) is 0 Å². The second-order valence-electron chi connectivity index (χ2n) is 7.45. The zero-order valence-electron chi connectivity index (χ0n) is 15.7. The van der Waals surface area contributed by atoms with E-state index in [1.54, 1.807) is 17.9 Å². The third kappa shape index (κ3) is 4.37. The van der Waals surface area contributed by atoms with Crippen LogP contribution in [0.15, 0.2) is 42.7 Å². The smallest absolute Gasteiger partial charge is 0.267 e. The summed E-state index contributed by atoms with van der Waals surface area (Å²) in [7, 11) is 0. The summed E-state index contributed by atoms with van der Waals surface area (Å²) in [5.74, 6) is 0.144. The Hall–Kier alpha value is -2.77. The van der Waals surface area contributed by atoms with Crippen LogP contribution in [-0.2, 0) is 17.6 Å². The highest BCUT2D eigenvalue weighted by Crippen LogP contribution is 2.27. The quantitative estimate of drug-likeness (QED) is 0.418. The Balaban J connectivity index is 1.33. The van der Waals surface area contributed by atoms with Gasteiger partial charge in [-0.05, 0) is 49.4 Å². The van der Waals surface area contributed by atoms with E-state index < -0.39 is 5.91 Å². The lowest BCUT2D eigenvalue weighted by atomic mass is 10.0. The number of carbonyl (C=O) groups is 1. The van der Waals surface area contributed by atoms with Crippen LogP contribution in [0.4, 0.5) is 5.82 Å². The first-order chi connectivity index (χ1) is 13.7. The van der Waals surface area contributed by atoms with Crippen LogP contribution in [0, 0.1) is 0 Å². The highest BCUT2D eigenvalue weighted by atomic mass is 16.5. The van der Waals surface area contributed by atoms with Crippen molar-refractivity contribution in [1.29, 1.82) is 0 Å². The van der Waals surface area contributed by atoms with Crippen molar-refractivity contribution in [1.82, 2.24) is 20.3 Å². The normalized spacial score (nSPS) is 20.2. The molecule has 3 N–H and O–H groups in total. The Kier molecular flexibility index (Phi) is 5.64. The summed E-state index contributed by atoms with van der Waals surface area (Å²) >= 11 is 0. The van der Waals surface area contributed by atoms with Gasteiger partial charge in [0.05, 0.1) is 18.1 Å². The van der Waals surface area contributed by atoms with Crippen LogP contribution in [0.25, 0.3) is 6.08 Å². The molecule has 4 rings (SSSR count). The van der Waals surface area contributed by atoms with Crippen molar-refractivity contribution < 1.29 is 10.0 Å². The Morgan fingerprint density at radius 2 is 1.96 bits per heavy atom. The van der Waals surface area contributed by atoms with E-state index in [0.717, 1.165) is 38.2 Å². The van der Waals surface area contributed by atoms with Crippen molar-refractivity contribution in [3.05, 3.63) is 59.6 Å². The predicted octanol–water partition coefficient (Wildman–Crippen LogP) is 2.04. The number of hydroxylamine groups is 1. The zero-order valence-corrected chi connectivity index (χ0v) is 15.7. The fourth-order valence-corrected chi connectivity index (χ4v) is 4.16. The van der Waals surface area contributed by atoms with Crippen LogP contribution in [0.5, 0.6) is 0 Å². The van der Waals surface area contributed by atoms with Gasteiger partial charge in [-0.25, -0.2) is 10.5 Å². The van der Waals surface area contributed by atoms with Gasteiger partial charge in [-0.1, -0.05) is 24.3 Å². The summed E-state index contributed by atoms with van der Waals surface area (Å²) in [6.07, 6.45) is 10.6. The standard InChI is InChI=1S/C21H25N5O2/c27-21(25-28)8-7-17-12-23-20(13-22-17)24-18-6-3-9-26(14-18)19-10-15-4-1-2-5-16(15)11-19/h1-2,4-5,7-8,12-13,18-19,28H,3,6,9-11,14H2,(H,23,24)(H,25,27)/t18-/m1/s1. The fraction of sp³-hybridized carbons (Fsp3) is 0.381. The average Bonchev–Trinajstić information content (AvgIpc) is 3.17. The van der Waals surface area contributed by atoms with E-state index in [1.165, 1.54) is 29.7 Å². The maximum absolute atomic E-state index is 11.0. The van der Waals surface area contributed by atoms with Crippen molar-refractivity contribution >= 4 is 17.8 Å². The summed E-state index contributed by atoms with van der Waals surface area (Å²) < 4.78 is 0. The van der Waals surface area contributed by atoms with Crippen molar-refractivity contribution in [2.45, 2.75) is 37.8 Å². The number of anilines is 1. The number of nitrogens with one attached hydrogen (secondary N) is 2. The van der Waals surface area contributed by atoms with E-state index >= 15 is 0 Å². The number of likely N-dealkylation sites (tertiary alicyclic amines) is 1. The summed E-state index contributed by atoms with van der Waals surface area (Å²) in [6.45, 7) is 2.16. The molecule has 0 spiro atoms. The minimum atomic E-state index is -0.597. The number of nitrogens with zero attached hydrogens (tertiary/aromatic N) is 3. The molecule has 0 saturated carbocycles. The highest BCUT2D eigenvalue weighted by Gasteiger charge is 2.30. The van der Waals surface area contributed by atoms with E-state index in [-0.39, 0.29) is 0 Å². The molecular weight excluding hydrogens is 354 g/mol. The molecule has 1 atom stereocenters. The minimum Gasteiger partial charge on any atom is -0.365 e. The maximum atomic E-state index is 11.0. The van der Waals surface area contributed by atoms with Crippen molar-refractivity contribution in [3.63, 3.8) is 0 Å². The fourth-order valence-electron chi connectivity index (χ4n) is 4.16. The topological polar surface area (TPSA) is 90.4 Å². The number of rotatable bonds is 5. The Morgan fingerprint density at radius 3 is 2.64 bits per heavy atom. The molecule has 7 heteroatoms. The van der Waals surface area contributed by atoms with Gasteiger partial charge in [-0.15, -0.1) is 0 Å². The first kappa shape index (κ1) is 18.6. The highest BCUT2D eigenvalue weighted by molar-refractivity contribution is 5.90. The molecular formula is C21H25N5O2. The van der Waals surface area contributed by atoms with Crippen LogP contribution >= 0.6 is 0 Å². The van der Waals surface area contributed by atoms with Gasteiger partial charge in [0, 0.05) is 24.7 Å². The molecule has 146 valence electrons. The number of piperidine rings is 1. The second-order valence-corrected chi connectivity index (χ2v) is 7.45. The van der Waals surface area contributed by atoms with Gasteiger partial charge in [0.25, 0.3) is 5.91 Å². The lowest BCUT2D eigenvalue weighted by molar-refractivity contribution is -0.124. The molecule has 1 fully saturated rings. The van der Waals surface area contributed by atoms with Gasteiger partial charge in [0.2, 0.25) is 0 Å². The monoisotopic (exact) mass is 379 g/mol. The van der Waals surface area contributed by atoms with Gasteiger partial charge in [-0.2, -0.15) is 0 Å². The zero-order chi connectivity index (χ0) is 19.3. The molecule has 1 aromatic carbocycles. The number of fused-ring (bicyclic) bond motifs is 1. The van der Waals surface area contributed by atoms with E-state index in [9.17, 15) is 4.79 Å². The lowest BCUT2D eigenvalue weighted by Crippen LogP contribution is -2.47. The Labute approximate surface area is 164 Å². The largest absolute Gasteiger partial charge is 0.365 e. The number of aromatic nitrogens is 2. The summed E-state index contributed by atoms with van der Waals surface area (Å²) in [6, 6.07) is 9.73. The minimum absolute atomic E-state index is 0.355. The van der Waals surface area contributed by atoms with E-state index in [2.05, 4.69) is 44.5 Å². The van der Waals surface area contributed by atoms with Crippen LogP contribution in [0.1, 0.15) is 29.7 Å². The van der Waals surface area contributed by atoms with E-state index in [4.69, 9.17) is 5.21 Å². The van der Waals surface area contributed by atoms with Crippen molar-refractivity contribution in [3.8, 4) is 0 Å². The summed E-state index contributed by atoms with van der Waals surface area (Å²) in [5.41, 5.74) is 5.09. The van der Waals surface area contributed by atoms with Crippen LogP contribution in [-0.4, -0.2) is 51.2 Å². The summed E-state index contributed by atoms with van der Waals surface area (Å²) in [4.78, 5) is 22.3. The first-order valence-electron chi connectivity index (χ1n) is 9.73. The van der Waals surface area contributed by atoms with Gasteiger partial charge >= 0.3 is 0 Å². The SMILES string of the molecule is O=C(C=Cc1cnc(N[C@@H]2CCCN(C3Cc4ccccc4C3)C2)cn1)NO. The molecule has 2 aromatic rings. The molecule has 7 nitrogen and oxygen atoms in total. The molecule has 1 amide bonds. The predicted molar refractivity (Wildman–Crippen MR) is 107 cm³/mol. The number of benzene rings is 1. The lowest BCUT2D eigenvalue weighted by Gasteiger charge is -2.37. The molecule has 2 aliphatic rings. The molecule has 0 bridgehead atoms. The van der Waals surface area contributed by atoms with Gasteiger partial charge < -0.3 is 5.32 Å². The molecule has 1 aliphatic carbocycles. The number of carbonyl (C=O) groups excluding carboxylic acids is 1. The third-order valence-electron chi connectivity index (χ3n) is 5.54. The van der Waals surface area contributed by atoms with E-state index in [0.29, 0.717) is 17.8 Å². The average molecular weight is 379 g/mol. The molecule has 1 aromatic heterocycles. The Morgan fingerprint density at radius 1 is 1.18 bits per heavy atom. The van der Waals surface area contributed by atoms with Crippen molar-refractivity contribution in [2.75, 3.05) is 18.4 Å². The molecule has 0 unspecified atom stereocenters. The van der Waals surface area contributed by atoms with Gasteiger partial charge in [0.15, 0.2) is 0 Å². The van der Waals surface area contributed by atoms with Crippen LogP contribution < -0.4 is 10.8 Å². The molecule has 28 heavy (non-hydrogen) atoms. The second kappa shape index (κ2) is 8.50. The number of hydrogen-bond acceptors (Lipinski definition) is 6. The third-order valence-corrected chi connectivity index (χ3v) is 5.54. The van der Waals surface area contributed by atoms with Gasteiger partial charge in [0.1, 0.15) is 5.82 Å². The first-order valence-corrected chi connectivity index (χ1v) is 9.73. The maximum Gasteiger partial charge on any atom is 0.267 e. The van der Waals surface area contributed by atoms with Crippen LogP contribution in [0.3, 0.4) is 0 Å². The van der Waals surface area contributed by atoms with Gasteiger partial charge in [-0.3, -0.25) is 19.9 Å². The van der Waals surface area contributed by atoms with E-state index in [1.807, 2.05) is 0 Å². The molecule has 0 radical (unpaired) electrons. The molecule has 2 heterocycles. The number of amides is 1. The van der Waals surface area contributed by atoms with Crippen molar-refractivity contribution in [2.24, 2.45) is 0 Å². The molecule has 1 saturated heterocycles. The summed E-state index contributed by atoms with van der Waals surface area (Å²) in [5, 5.41) is 12.0. The number of hydrogen-bond donors (Lipinski definition) is 3. The Bertz CT molecular complexity index is 827.